The number of fused-ring (bicyclic) bond motifs is 2. The Balaban J connectivity index is 1.70. The lowest BCUT2D eigenvalue weighted by Crippen LogP contribution is -2.42. The van der Waals surface area contributed by atoms with Gasteiger partial charge >= 0.3 is 0 Å². The molecule has 2 heterocycles. The molecule has 1 atom stereocenters. The second-order valence-corrected chi connectivity index (χ2v) is 7.20. The number of terminal acetylenes is 1. The molecule has 0 aromatic heterocycles. The fourth-order valence-electron chi connectivity index (χ4n) is 3.35. The molecular weight excluding hydrogens is 414 g/mol. The van der Waals surface area contributed by atoms with Crippen LogP contribution in [0, 0.1) is 12.3 Å². The molecule has 1 amide bonds. The van der Waals surface area contributed by atoms with E-state index in [1.807, 2.05) is 0 Å². The first-order valence-corrected chi connectivity index (χ1v) is 8.94. The summed E-state index contributed by atoms with van der Waals surface area (Å²) in [6.07, 6.45) is 4.96. The summed E-state index contributed by atoms with van der Waals surface area (Å²) < 4.78 is 11.2. The number of carbonyl (C=O) groups excluding carboxylic acids is 2. The van der Waals surface area contributed by atoms with Crippen LogP contribution in [-0.4, -0.2) is 30.1 Å². The molecule has 136 valence electrons. The highest BCUT2D eigenvalue weighted by Crippen LogP contribution is 2.44. The van der Waals surface area contributed by atoms with Gasteiger partial charge in [-0.3, -0.25) is 14.5 Å². The molecule has 2 aliphatic rings. The minimum absolute atomic E-state index is 0.00793. The minimum atomic E-state index is -1.98. The molecule has 0 saturated heterocycles. The second-order valence-electron chi connectivity index (χ2n) is 6.29. The van der Waals surface area contributed by atoms with Crippen molar-refractivity contribution in [1.29, 1.82) is 0 Å². The van der Waals surface area contributed by atoms with Crippen LogP contribution < -0.4 is 14.4 Å². The summed E-state index contributed by atoms with van der Waals surface area (Å²) in [5.41, 5.74) is -0.801. The van der Waals surface area contributed by atoms with Crippen molar-refractivity contribution >= 4 is 33.3 Å². The monoisotopic (exact) mass is 427 g/mol. The van der Waals surface area contributed by atoms with Crippen molar-refractivity contribution < 1.29 is 24.2 Å². The molecule has 6 nitrogen and oxygen atoms in total. The van der Waals surface area contributed by atoms with Gasteiger partial charge in [-0.2, -0.15) is 0 Å². The molecule has 0 bridgehead atoms. The molecule has 4 rings (SSSR count). The molecule has 0 saturated carbocycles. The number of carbonyl (C=O) groups is 2. The maximum absolute atomic E-state index is 12.9. The number of hydrogen-bond donors (Lipinski definition) is 1. The molecule has 2 aliphatic heterocycles. The largest absolute Gasteiger partial charge is 0.454 e. The van der Waals surface area contributed by atoms with E-state index < -0.39 is 23.7 Å². The highest BCUT2D eigenvalue weighted by atomic mass is 79.9. The quantitative estimate of drug-likeness (QED) is 0.599. The van der Waals surface area contributed by atoms with Crippen LogP contribution in [-0.2, 0) is 10.4 Å². The minimum Gasteiger partial charge on any atom is -0.454 e. The third-order valence-electron chi connectivity index (χ3n) is 4.65. The molecular formula is C20H14BrNO5. The van der Waals surface area contributed by atoms with Crippen LogP contribution in [0.25, 0.3) is 0 Å². The Kier molecular flexibility index (Phi) is 4.17. The van der Waals surface area contributed by atoms with Crippen molar-refractivity contribution in [2.75, 3.05) is 18.2 Å². The van der Waals surface area contributed by atoms with Gasteiger partial charge in [0.2, 0.25) is 6.79 Å². The lowest BCUT2D eigenvalue weighted by Gasteiger charge is -2.22. The Bertz CT molecular complexity index is 1010. The molecule has 0 aliphatic carbocycles. The van der Waals surface area contributed by atoms with Crippen LogP contribution >= 0.6 is 15.9 Å². The third-order valence-corrected chi connectivity index (χ3v) is 5.15. The van der Waals surface area contributed by atoms with Gasteiger partial charge in [-0.15, -0.1) is 6.42 Å². The van der Waals surface area contributed by atoms with Gasteiger partial charge < -0.3 is 14.6 Å². The lowest BCUT2D eigenvalue weighted by molar-refractivity contribution is -0.135. The summed E-state index contributed by atoms with van der Waals surface area (Å²) in [4.78, 5) is 27.1. The van der Waals surface area contributed by atoms with Crippen LogP contribution in [0.3, 0.4) is 0 Å². The second kappa shape index (κ2) is 6.41. The van der Waals surface area contributed by atoms with Gasteiger partial charge in [-0.25, -0.2) is 0 Å². The molecule has 0 fully saturated rings. The molecule has 0 spiro atoms. The van der Waals surface area contributed by atoms with E-state index >= 15 is 0 Å². The number of ether oxygens (including phenoxy) is 2. The van der Waals surface area contributed by atoms with Crippen molar-refractivity contribution in [3.8, 4) is 23.8 Å². The van der Waals surface area contributed by atoms with Crippen molar-refractivity contribution in [3.63, 3.8) is 0 Å². The van der Waals surface area contributed by atoms with E-state index in [0.29, 0.717) is 32.8 Å². The molecule has 2 aromatic rings. The van der Waals surface area contributed by atoms with Crippen molar-refractivity contribution in [3.05, 3.63) is 52.0 Å². The Morgan fingerprint density at radius 2 is 2.04 bits per heavy atom. The Hall–Kier alpha value is -2.82. The van der Waals surface area contributed by atoms with Gasteiger partial charge in [0.25, 0.3) is 5.91 Å². The molecule has 27 heavy (non-hydrogen) atoms. The molecule has 2 aromatic carbocycles. The molecule has 0 unspecified atom stereocenters. The SMILES string of the molecule is C#CCN1C(=O)[C@@](O)(CC(=O)c2ccc3c(c2)OCO3)c2cc(Br)ccc21. The average Bonchev–Trinajstić information content (AvgIpc) is 3.19. The summed E-state index contributed by atoms with van der Waals surface area (Å²) >= 11 is 3.34. The lowest BCUT2D eigenvalue weighted by atomic mass is 9.88. The summed E-state index contributed by atoms with van der Waals surface area (Å²) in [5.74, 6) is 2.43. The summed E-state index contributed by atoms with van der Waals surface area (Å²) in [7, 11) is 0. The van der Waals surface area contributed by atoms with E-state index in [2.05, 4.69) is 21.9 Å². The van der Waals surface area contributed by atoms with E-state index in [4.69, 9.17) is 15.9 Å². The van der Waals surface area contributed by atoms with E-state index in [9.17, 15) is 14.7 Å². The number of rotatable bonds is 4. The smallest absolute Gasteiger partial charge is 0.265 e. The zero-order valence-corrected chi connectivity index (χ0v) is 15.7. The van der Waals surface area contributed by atoms with Crippen LogP contribution in [0.4, 0.5) is 5.69 Å². The Labute approximate surface area is 163 Å². The standard InChI is InChI=1S/C20H14BrNO5/c1-2-7-22-15-5-4-13(21)9-14(15)20(25,19(22)24)10-16(23)12-3-6-17-18(8-12)27-11-26-17/h1,3-6,8-9,25H,7,10-11H2/t20-/m1/s1. The number of Topliss-reactive ketones (excluding diaryl/α,β-unsaturated/α-hetero) is 1. The first-order chi connectivity index (χ1) is 12.9. The average molecular weight is 428 g/mol. The maximum Gasteiger partial charge on any atom is 0.265 e. The zero-order chi connectivity index (χ0) is 19.2. The van der Waals surface area contributed by atoms with Crippen LogP contribution in [0.2, 0.25) is 0 Å². The molecule has 1 N–H and O–H groups in total. The maximum atomic E-state index is 12.9. The van der Waals surface area contributed by atoms with Crippen LogP contribution in [0.5, 0.6) is 11.5 Å². The van der Waals surface area contributed by atoms with Gasteiger partial charge in [0.1, 0.15) is 0 Å². The highest BCUT2D eigenvalue weighted by molar-refractivity contribution is 9.10. The number of nitrogens with zero attached hydrogens (tertiary/aromatic N) is 1. The number of aliphatic hydroxyl groups is 1. The Morgan fingerprint density at radius 1 is 1.26 bits per heavy atom. The predicted octanol–water partition coefficient (Wildman–Crippen LogP) is 2.62. The van der Waals surface area contributed by atoms with Crippen molar-refractivity contribution in [1.82, 2.24) is 0 Å². The molecule has 7 heteroatoms. The van der Waals surface area contributed by atoms with Gasteiger partial charge in [0, 0.05) is 15.6 Å². The normalized spacial score (nSPS) is 19.7. The van der Waals surface area contributed by atoms with Gasteiger partial charge in [0.05, 0.1) is 18.7 Å². The van der Waals surface area contributed by atoms with Crippen LogP contribution in [0.15, 0.2) is 40.9 Å². The Morgan fingerprint density at radius 3 is 2.81 bits per heavy atom. The van der Waals surface area contributed by atoms with Crippen molar-refractivity contribution in [2.45, 2.75) is 12.0 Å². The summed E-state index contributed by atoms with van der Waals surface area (Å²) in [6.45, 7) is 0.103. The van der Waals surface area contributed by atoms with Gasteiger partial charge in [-0.05, 0) is 36.4 Å². The van der Waals surface area contributed by atoms with Gasteiger partial charge in [-0.1, -0.05) is 21.9 Å². The van der Waals surface area contributed by atoms with E-state index in [1.54, 1.807) is 36.4 Å². The number of benzene rings is 2. The molecule has 0 radical (unpaired) electrons. The van der Waals surface area contributed by atoms with E-state index in [1.165, 1.54) is 4.90 Å². The number of anilines is 1. The van der Waals surface area contributed by atoms with Crippen LogP contribution in [0.1, 0.15) is 22.3 Å². The third kappa shape index (κ3) is 2.78. The topological polar surface area (TPSA) is 76.1 Å². The van der Waals surface area contributed by atoms with Crippen molar-refractivity contribution in [2.24, 2.45) is 0 Å². The number of amides is 1. The highest BCUT2D eigenvalue weighted by Gasteiger charge is 2.50. The fourth-order valence-corrected chi connectivity index (χ4v) is 3.71. The predicted molar refractivity (Wildman–Crippen MR) is 101 cm³/mol. The van der Waals surface area contributed by atoms with E-state index in [0.717, 1.165) is 0 Å². The summed E-state index contributed by atoms with van der Waals surface area (Å²) in [6, 6.07) is 9.84. The number of halogens is 1. The number of ketones is 1. The summed E-state index contributed by atoms with van der Waals surface area (Å²) in [5, 5.41) is 11.2. The fraction of sp³-hybridized carbons (Fsp3) is 0.200. The zero-order valence-electron chi connectivity index (χ0n) is 14.1. The first kappa shape index (κ1) is 17.6. The van der Waals surface area contributed by atoms with Gasteiger partial charge in [0.15, 0.2) is 22.9 Å². The first-order valence-electron chi connectivity index (χ1n) is 8.15. The van der Waals surface area contributed by atoms with E-state index in [-0.39, 0.29) is 13.3 Å². The number of hydrogen-bond acceptors (Lipinski definition) is 5.